The Bertz CT molecular complexity index is 933. The van der Waals surface area contributed by atoms with Crippen LogP contribution in [0.15, 0.2) is 53.9 Å². The number of carbonyl (C=O) groups is 1. The molecule has 1 heterocycles. The normalized spacial score (nSPS) is 13.7. The summed E-state index contributed by atoms with van der Waals surface area (Å²) in [6.45, 7) is 0. The van der Waals surface area contributed by atoms with Crippen molar-refractivity contribution in [1.82, 2.24) is 4.98 Å². The Hall–Kier alpha value is -2.86. The first-order valence-corrected chi connectivity index (χ1v) is 9.88. The second-order valence-corrected chi connectivity index (χ2v) is 7.42. The summed E-state index contributed by atoms with van der Waals surface area (Å²) < 4.78 is 5.36. The second kappa shape index (κ2) is 7.80. The summed E-state index contributed by atoms with van der Waals surface area (Å²) in [7, 11) is 1.65. The third kappa shape index (κ3) is 3.95. The first-order valence-electron chi connectivity index (χ1n) is 9.00. The van der Waals surface area contributed by atoms with Gasteiger partial charge >= 0.3 is 0 Å². The van der Waals surface area contributed by atoms with E-state index in [2.05, 4.69) is 15.6 Å². The summed E-state index contributed by atoms with van der Waals surface area (Å²) in [5, 5.41) is 9.11. The van der Waals surface area contributed by atoms with E-state index in [1.807, 2.05) is 53.9 Å². The van der Waals surface area contributed by atoms with Crippen molar-refractivity contribution in [3.8, 4) is 17.0 Å². The number of hydrogen-bond donors (Lipinski definition) is 2. The zero-order valence-corrected chi connectivity index (χ0v) is 15.9. The Morgan fingerprint density at radius 1 is 1.15 bits per heavy atom. The molecule has 0 aliphatic heterocycles. The van der Waals surface area contributed by atoms with Gasteiger partial charge in [-0.1, -0.05) is 30.7 Å². The van der Waals surface area contributed by atoms with Gasteiger partial charge in [-0.25, -0.2) is 4.98 Å². The van der Waals surface area contributed by atoms with Gasteiger partial charge in [-0.2, -0.15) is 0 Å². The molecule has 0 bridgehead atoms. The number of rotatable bonds is 6. The summed E-state index contributed by atoms with van der Waals surface area (Å²) in [4.78, 5) is 16.7. The van der Waals surface area contributed by atoms with Crippen molar-refractivity contribution >= 4 is 33.8 Å². The minimum atomic E-state index is 0.131. The third-order valence-corrected chi connectivity index (χ3v) is 5.53. The lowest BCUT2D eigenvalue weighted by Crippen LogP contribution is -2.27. The molecule has 0 spiro atoms. The highest BCUT2D eigenvalue weighted by atomic mass is 32.1. The maximum Gasteiger partial charge on any atom is 0.227 e. The average molecular weight is 379 g/mol. The van der Waals surface area contributed by atoms with Crippen LogP contribution in [-0.2, 0) is 4.79 Å². The van der Waals surface area contributed by atoms with E-state index >= 15 is 0 Å². The van der Waals surface area contributed by atoms with Gasteiger partial charge in [0.15, 0.2) is 5.13 Å². The van der Waals surface area contributed by atoms with Crippen LogP contribution in [0.4, 0.5) is 16.5 Å². The van der Waals surface area contributed by atoms with Crippen molar-refractivity contribution < 1.29 is 9.53 Å². The highest BCUT2D eigenvalue weighted by Gasteiger charge is 2.25. The standard InChI is InChI=1S/C21H21N3O2S/c1-26-19-8-3-2-7-17(19)23-21-24-18(13-27-21)14-9-11-16(12-10-14)22-20(25)15-5-4-6-15/h2-3,7-13,15H,4-6H2,1H3,(H,22,25)(H,23,24). The number of aromatic nitrogens is 1. The Kier molecular flexibility index (Phi) is 5.07. The van der Waals surface area contributed by atoms with Crippen LogP contribution in [0.2, 0.25) is 0 Å². The van der Waals surface area contributed by atoms with Crippen LogP contribution in [0.3, 0.4) is 0 Å². The van der Waals surface area contributed by atoms with Crippen LogP contribution >= 0.6 is 11.3 Å². The number of benzene rings is 2. The number of nitrogens with zero attached hydrogens (tertiary/aromatic N) is 1. The maximum atomic E-state index is 12.0. The zero-order chi connectivity index (χ0) is 18.6. The molecule has 2 N–H and O–H groups in total. The molecule has 6 heteroatoms. The first kappa shape index (κ1) is 17.5. The Labute approximate surface area is 162 Å². The fourth-order valence-electron chi connectivity index (χ4n) is 2.97. The summed E-state index contributed by atoms with van der Waals surface area (Å²) in [6, 6.07) is 15.6. The lowest BCUT2D eigenvalue weighted by molar-refractivity contribution is -0.122. The van der Waals surface area contributed by atoms with Crippen LogP contribution in [-0.4, -0.2) is 18.0 Å². The quantitative estimate of drug-likeness (QED) is 0.610. The smallest absolute Gasteiger partial charge is 0.227 e. The summed E-state index contributed by atoms with van der Waals surface area (Å²) in [5.41, 5.74) is 3.63. The second-order valence-electron chi connectivity index (χ2n) is 6.56. The molecule has 27 heavy (non-hydrogen) atoms. The molecular formula is C21H21N3O2S. The molecule has 0 atom stereocenters. The minimum Gasteiger partial charge on any atom is -0.495 e. The van der Waals surface area contributed by atoms with Gasteiger partial charge < -0.3 is 15.4 Å². The maximum absolute atomic E-state index is 12.0. The molecule has 2 aromatic carbocycles. The number of thiazole rings is 1. The van der Waals surface area contributed by atoms with Gasteiger partial charge in [0.25, 0.3) is 0 Å². The van der Waals surface area contributed by atoms with E-state index in [0.717, 1.165) is 52.8 Å². The van der Waals surface area contributed by atoms with Gasteiger partial charge in [0.05, 0.1) is 18.5 Å². The van der Waals surface area contributed by atoms with Crippen molar-refractivity contribution in [3.63, 3.8) is 0 Å². The van der Waals surface area contributed by atoms with Crippen molar-refractivity contribution in [1.29, 1.82) is 0 Å². The molecule has 0 unspecified atom stereocenters. The fraction of sp³-hybridized carbons (Fsp3) is 0.238. The molecule has 1 saturated carbocycles. The van der Waals surface area contributed by atoms with Crippen LogP contribution in [0.1, 0.15) is 19.3 Å². The van der Waals surface area contributed by atoms with E-state index in [1.165, 1.54) is 0 Å². The van der Waals surface area contributed by atoms with Gasteiger partial charge in [0.2, 0.25) is 5.91 Å². The van der Waals surface area contributed by atoms with Gasteiger partial charge in [-0.05, 0) is 37.1 Å². The predicted molar refractivity (Wildman–Crippen MR) is 110 cm³/mol. The van der Waals surface area contributed by atoms with E-state index in [9.17, 15) is 4.79 Å². The fourth-order valence-corrected chi connectivity index (χ4v) is 3.70. The van der Waals surface area contributed by atoms with E-state index in [1.54, 1.807) is 18.4 Å². The summed E-state index contributed by atoms with van der Waals surface area (Å²) in [5.74, 6) is 1.10. The highest BCUT2D eigenvalue weighted by molar-refractivity contribution is 7.14. The molecule has 0 saturated heterocycles. The number of amides is 1. The highest BCUT2D eigenvalue weighted by Crippen LogP contribution is 2.32. The number of carbonyl (C=O) groups excluding carboxylic acids is 1. The summed E-state index contributed by atoms with van der Waals surface area (Å²) >= 11 is 1.54. The van der Waals surface area contributed by atoms with Gasteiger partial charge in [-0.3, -0.25) is 4.79 Å². The Morgan fingerprint density at radius 3 is 2.63 bits per heavy atom. The van der Waals surface area contributed by atoms with Crippen molar-refractivity contribution in [3.05, 3.63) is 53.9 Å². The number of anilines is 3. The van der Waals surface area contributed by atoms with Crippen LogP contribution in [0.5, 0.6) is 5.75 Å². The molecule has 1 aromatic heterocycles. The lowest BCUT2D eigenvalue weighted by Gasteiger charge is -2.24. The van der Waals surface area contributed by atoms with Gasteiger partial charge in [-0.15, -0.1) is 11.3 Å². The molecule has 1 amide bonds. The molecular weight excluding hydrogens is 358 g/mol. The number of para-hydroxylation sites is 2. The van der Waals surface area contributed by atoms with Gasteiger partial charge in [0, 0.05) is 22.5 Å². The van der Waals surface area contributed by atoms with Crippen molar-refractivity contribution in [2.75, 3.05) is 17.7 Å². The predicted octanol–water partition coefficient (Wildman–Crippen LogP) is 5.30. The van der Waals surface area contributed by atoms with E-state index < -0.39 is 0 Å². The Morgan fingerprint density at radius 2 is 1.93 bits per heavy atom. The number of nitrogens with one attached hydrogen (secondary N) is 2. The molecule has 1 fully saturated rings. The van der Waals surface area contributed by atoms with E-state index in [4.69, 9.17) is 4.74 Å². The lowest BCUT2D eigenvalue weighted by atomic mass is 9.85. The van der Waals surface area contributed by atoms with Crippen molar-refractivity contribution in [2.45, 2.75) is 19.3 Å². The third-order valence-electron chi connectivity index (χ3n) is 4.78. The zero-order valence-electron chi connectivity index (χ0n) is 15.1. The van der Waals surface area contributed by atoms with E-state index in [0.29, 0.717) is 0 Å². The van der Waals surface area contributed by atoms with Crippen LogP contribution in [0, 0.1) is 5.92 Å². The monoisotopic (exact) mass is 379 g/mol. The number of ether oxygens (including phenoxy) is 1. The average Bonchev–Trinajstić information content (AvgIpc) is 3.10. The number of methoxy groups -OCH3 is 1. The molecule has 5 nitrogen and oxygen atoms in total. The minimum absolute atomic E-state index is 0.131. The molecule has 1 aliphatic rings. The number of hydrogen-bond acceptors (Lipinski definition) is 5. The first-order chi connectivity index (χ1) is 13.2. The summed E-state index contributed by atoms with van der Waals surface area (Å²) in [6.07, 6.45) is 3.17. The Balaban J connectivity index is 1.44. The van der Waals surface area contributed by atoms with Crippen LogP contribution < -0.4 is 15.4 Å². The van der Waals surface area contributed by atoms with Crippen LogP contribution in [0.25, 0.3) is 11.3 Å². The molecule has 0 radical (unpaired) electrons. The largest absolute Gasteiger partial charge is 0.495 e. The molecule has 4 rings (SSSR count). The molecule has 3 aromatic rings. The topological polar surface area (TPSA) is 63.2 Å². The molecule has 1 aliphatic carbocycles. The van der Waals surface area contributed by atoms with Gasteiger partial charge in [0.1, 0.15) is 5.75 Å². The van der Waals surface area contributed by atoms with Crippen molar-refractivity contribution in [2.24, 2.45) is 5.92 Å². The van der Waals surface area contributed by atoms with E-state index in [-0.39, 0.29) is 11.8 Å². The SMILES string of the molecule is COc1ccccc1Nc1nc(-c2ccc(NC(=O)C3CCC3)cc2)cs1. The molecule has 138 valence electrons.